The maximum absolute atomic E-state index is 9.41. The van der Waals surface area contributed by atoms with Crippen LogP contribution in [-0.4, -0.2) is 0 Å². The molecule has 0 saturated heterocycles. The summed E-state index contributed by atoms with van der Waals surface area (Å²) in [6.45, 7) is 0. The van der Waals surface area contributed by atoms with Gasteiger partial charge in [-0.05, 0) is 80.2 Å². The zero-order valence-corrected chi connectivity index (χ0v) is 22.1. The van der Waals surface area contributed by atoms with Gasteiger partial charge in [-0.1, -0.05) is 139 Å². The lowest BCUT2D eigenvalue weighted by Crippen LogP contribution is -2.09. The standard InChI is InChI=1S/C40H29N/c1-4-14-31(15-5-1)40-38-22-12-10-20-35(38)37(36-21-11-13-23-39(36)40)29-26-30-24-27-34(28-25-30)41(32-16-6-2-7-17-32)33-18-8-3-9-19-33/h1-29H/b29-26+/i1D,4D,5D,14D,15D,26D,29D. The van der Waals surface area contributed by atoms with Gasteiger partial charge in [0.15, 0.2) is 0 Å². The van der Waals surface area contributed by atoms with Crippen LogP contribution in [0.5, 0.6) is 0 Å². The van der Waals surface area contributed by atoms with Gasteiger partial charge in [0, 0.05) is 17.1 Å². The zero-order valence-electron chi connectivity index (χ0n) is 29.1. The van der Waals surface area contributed by atoms with Gasteiger partial charge in [0.25, 0.3) is 0 Å². The molecule has 1 nitrogen and oxygen atoms in total. The van der Waals surface area contributed by atoms with Crippen LogP contribution in [0.4, 0.5) is 17.1 Å². The summed E-state index contributed by atoms with van der Waals surface area (Å²) in [7, 11) is 0. The quantitative estimate of drug-likeness (QED) is 0.153. The second kappa shape index (κ2) is 11.0. The van der Waals surface area contributed by atoms with Gasteiger partial charge in [-0.3, -0.25) is 0 Å². The van der Waals surface area contributed by atoms with Gasteiger partial charge in [-0.2, -0.15) is 0 Å². The number of anilines is 3. The topological polar surface area (TPSA) is 3.24 Å². The molecule has 0 heterocycles. The number of benzene rings is 7. The number of hydrogen-bond acceptors (Lipinski definition) is 1. The molecule has 0 atom stereocenters. The van der Waals surface area contributed by atoms with Gasteiger partial charge in [0.2, 0.25) is 0 Å². The fourth-order valence-electron chi connectivity index (χ4n) is 5.34. The SMILES string of the molecule is [2H]/C(=C(/[2H])c1c2ccccc2c(-c2c([2H])c([2H])c([2H])c([2H])c2[2H])c2ccccc12)c1ccc(N(c2ccccc2)c2ccccc2)cc1. The fourth-order valence-corrected chi connectivity index (χ4v) is 5.34. The van der Waals surface area contributed by atoms with Crippen molar-refractivity contribution in [3.05, 3.63) is 175 Å². The minimum Gasteiger partial charge on any atom is -0.311 e. The second-order valence-electron chi connectivity index (χ2n) is 9.64. The van der Waals surface area contributed by atoms with Gasteiger partial charge >= 0.3 is 0 Å². The molecule has 1 heteroatoms. The van der Waals surface area contributed by atoms with Crippen molar-refractivity contribution in [1.82, 2.24) is 0 Å². The molecule has 0 aliphatic rings. The summed E-state index contributed by atoms with van der Waals surface area (Å²) in [6, 6.07) is 40.7. The average Bonchev–Trinajstić information content (AvgIpc) is 3.13. The van der Waals surface area contributed by atoms with Crippen molar-refractivity contribution < 1.29 is 9.60 Å². The Morgan fingerprint density at radius 3 is 1.46 bits per heavy atom. The van der Waals surface area contributed by atoms with E-state index >= 15 is 0 Å². The summed E-state index contributed by atoms with van der Waals surface area (Å²) >= 11 is 0. The normalized spacial score (nSPS) is 14.2. The number of nitrogens with zero attached hydrogens (tertiary/aromatic N) is 1. The van der Waals surface area contributed by atoms with Gasteiger partial charge in [0.05, 0.1) is 9.60 Å². The zero-order chi connectivity index (χ0) is 33.5. The number of fused-ring (bicyclic) bond motifs is 2. The van der Waals surface area contributed by atoms with E-state index in [-0.39, 0.29) is 29.8 Å². The Labute approximate surface area is 251 Å². The van der Waals surface area contributed by atoms with Crippen molar-refractivity contribution in [1.29, 1.82) is 0 Å². The van der Waals surface area contributed by atoms with Crippen molar-refractivity contribution in [2.75, 3.05) is 4.90 Å². The number of rotatable bonds is 6. The predicted octanol–water partition coefficient (Wildman–Crippen LogP) is 11.3. The summed E-state index contributed by atoms with van der Waals surface area (Å²) < 4.78 is 60.9. The minimum absolute atomic E-state index is 0.0192. The van der Waals surface area contributed by atoms with Gasteiger partial charge < -0.3 is 4.90 Å². The maximum Gasteiger partial charge on any atom is 0.0630 e. The van der Waals surface area contributed by atoms with E-state index in [1.165, 1.54) is 0 Å². The van der Waals surface area contributed by atoms with Crippen LogP contribution in [0.15, 0.2) is 164 Å². The summed E-state index contributed by atoms with van der Waals surface area (Å²) in [5, 5.41) is 2.59. The van der Waals surface area contributed by atoms with E-state index in [2.05, 4.69) is 4.90 Å². The molecule has 7 aromatic rings. The Morgan fingerprint density at radius 2 is 0.927 bits per heavy atom. The van der Waals surface area contributed by atoms with Crippen LogP contribution in [0.1, 0.15) is 20.7 Å². The third-order valence-electron chi connectivity index (χ3n) is 7.17. The van der Waals surface area contributed by atoms with Crippen molar-refractivity contribution in [3.8, 4) is 11.1 Å². The minimum atomic E-state index is -0.448. The van der Waals surface area contributed by atoms with Crippen LogP contribution in [0.25, 0.3) is 44.8 Å². The smallest absolute Gasteiger partial charge is 0.0630 e. The van der Waals surface area contributed by atoms with Crippen LogP contribution < -0.4 is 4.90 Å². The van der Waals surface area contributed by atoms with Crippen molar-refractivity contribution in [2.24, 2.45) is 0 Å². The lowest BCUT2D eigenvalue weighted by Gasteiger charge is -2.25. The van der Waals surface area contributed by atoms with E-state index in [0.29, 0.717) is 38.2 Å². The van der Waals surface area contributed by atoms with E-state index < -0.39 is 18.1 Å². The summed E-state index contributed by atoms with van der Waals surface area (Å²) in [4.78, 5) is 2.14. The third-order valence-corrected chi connectivity index (χ3v) is 7.17. The van der Waals surface area contributed by atoms with Crippen LogP contribution >= 0.6 is 0 Å². The Morgan fingerprint density at radius 1 is 0.463 bits per heavy atom. The molecule has 41 heavy (non-hydrogen) atoms. The van der Waals surface area contributed by atoms with Crippen molar-refractivity contribution in [2.45, 2.75) is 0 Å². The summed E-state index contributed by atoms with van der Waals surface area (Å²) in [5.74, 6) is 0. The summed E-state index contributed by atoms with van der Waals surface area (Å²) in [6.07, 6.45) is 0. The molecule has 194 valence electrons. The van der Waals surface area contributed by atoms with Crippen LogP contribution in [0, 0.1) is 0 Å². The molecule has 0 aromatic heterocycles. The second-order valence-corrected chi connectivity index (χ2v) is 9.64. The predicted molar refractivity (Wildman–Crippen MR) is 177 cm³/mol. The summed E-state index contributed by atoms with van der Waals surface area (Å²) in [5.41, 5.74) is 4.64. The van der Waals surface area contributed by atoms with Crippen molar-refractivity contribution >= 4 is 50.7 Å². The first-order valence-electron chi connectivity index (χ1n) is 17.0. The van der Waals surface area contributed by atoms with E-state index in [9.17, 15) is 2.74 Å². The van der Waals surface area contributed by atoms with E-state index in [0.717, 1.165) is 17.1 Å². The highest BCUT2D eigenvalue weighted by Crippen LogP contribution is 2.40. The maximum atomic E-state index is 9.41. The first-order valence-corrected chi connectivity index (χ1v) is 13.5. The van der Waals surface area contributed by atoms with Gasteiger partial charge in [-0.15, -0.1) is 0 Å². The molecule has 0 fully saturated rings. The first kappa shape index (κ1) is 18.0. The van der Waals surface area contributed by atoms with E-state index in [4.69, 9.17) is 6.85 Å². The molecule has 0 aliphatic carbocycles. The number of para-hydroxylation sites is 2. The third kappa shape index (κ3) is 4.79. The lowest BCUT2D eigenvalue weighted by atomic mass is 9.88. The molecule has 7 rings (SSSR count). The molecular weight excluding hydrogens is 494 g/mol. The van der Waals surface area contributed by atoms with Crippen LogP contribution in [0.2, 0.25) is 0 Å². The number of hydrogen-bond donors (Lipinski definition) is 0. The molecule has 0 N–H and O–H groups in total. The molecule has 0 aliphatic heterocycles. The Balaban J connectivity index is 1.41. The van der Waals surface area contributed by atoms with Gasteiger partial charge in [0.1, 0.15) is 0 Å². The average molecular weight is 531 g/mol. The molecule has 0 spiro atoms. The Kier molecular flexibility index (Phi) is 4.84. The highest BCUT2D eigenvalue weighted by Gasteiger charge is 2.14. The largest absolute Gasteiger partial charge is 0.311 e. The molecule has 0 bridgehead atoms. The molecule has 0 saturated carbocycles. The molecular formula is C40H29N. The highest BCUT2D eigenvalue weighted by molar-refractivity contribution is 6.18. The molecule has 0 amide bonds. The van der Waals surface area contributed by atoms with E-state index in [1.807, 2.05) is 133 Å². The molecule has 7 aromatic carbocycles. The Bertz CT molecular complexity index is 2230. The van der Waals surface area contributed by atoms with E-state index in [1.54, 1.807) is 0 Å². The van der Waals surface area contributed by atoms with Crippen LogP contribution in [-0.2, 0) is 0 Å². The fraction of sp³-hybridized carbons (Fsp3) is 0. The molecule has 0 radical (unpaired) electrons. The monoisotopic (exact) mass is 530 g/mol. The van der Waals surface area contributed by atoms with Gasteiger partial charge in [-0.25, -0.2) is 0 Å². The Hall–Kier alpha value is -5.40. The first-order chi connectivity index (χ1) is 23.3. The lowest BCUT2D eigenvalue weighted by molar-refractivity contribution is 1.28. The van der Waals surface area contributed by atoms with Crippen molar-refractivity contribution in [3.63, 3.8) is 0 Å². The highest BCUT2D eigenvalue weighted by atomic mass is 15.1. The van der Waals surface area contributed by atoms with Crippen LogP contribution in [0.3, 0.4) is 0 Å². The molecule has 0 unspecified atom stereocenters.